The Hall–Kier alpha value is -1.49. The number of phenolic OH excluding ortho intramolecular Hbond substituents is 2. The van der Waals surface area contributed by atoms with Crippen LogP contribution in [-0.2, 0) is 68.6 Å². The molecule has 0 saturated heterocycles. The molecule has 23 nitrogen and oxygen atoms in total. The van der Waals surface area contributed by atoms with Crippen LogP contribution in [-0.4, -0.2) is 94.3 Å². The molecule has 5 rings (SSSR count). The van der Waals surface area contributed by atoms with Gasteiger partial charge in [-0.05, 0) is 12.1 Å². The molecule has 0 amide bonds. The molecule has 0 fully saturated rings. The van der Waals surface area contributed by atoms with Gasteiger partial charge in [-0.1, -0.05) is 34.0 Å². The van der Waals surface area contributed by atoms with Gasteiger partial charge in [0, 0.05) is 57.9 Å². The first-order valence-corrected chi connectivity index (χ1v) is 21.0. The van der Waals surface area contributed by atoms with Crippen LogP contribution in [0.4, 0.5) is 28.4 Å². The number of rotatable bonds is 9. The molecule has 0 aliphatic rings. The van der Waals surface area contributed by atoms with Crippen molar-refractivity contribution in [1.29, 1.82) is 0 Å². The van der Waals surface area contributed by atoms with E-state index in [-0.39, 0.29) is 174 Å². The number of anilines is 1. The van der Waals surface area contributed by atoms with Crippen LogP contribution < -0.4 is 128 Å². The third kappa shape index (κ3) is 22.2. The first kappa shape index (κ1) is 68.1. The van der Waals surface area contributed by atoms with Crippen molar-refractivity contribution < 1.29 is 214 Å². The summed E-state index contributed by atoms with van der Waals surface area (Å²) in [6, 6.07) is 19.8. The first-order valence-electron chi connectivity index (χ1n) is 14.6. The van der Waals surface area contributed by atoms with E-state index in [0.717, 1.165) is 12.1 Å². The zero-order chi connectivity index (χ0) is 44.2. The summed E-state index contributed by atoms with van der Waals surface area (Å²) in [5.41, 5.74) is 0.732. The van der Waals surface area contributed by atoms with Crippen molar-refractivity contribution in [2.24, 2.45) is 20.5 Å². The van der Waals surface area contributed by atoms with Gasteiger partial charge in [0.1, 0.15) is 32.2 Å². The predicted octanol–water partition coefficient (Wildman–Crippen LogP) is -8.59. The van der Waals surface area contributed by atoms with Crippen molar-refractivity contribution in [3.63, 3.8) is 0 Å². The fourth-order valence-corrected chi connectivity index (χ4v) is 6.10. The van der Waals surface area contributed by atoms with Crippen molar-refractivity contribution in [2.45, 2.75) is 9.79 Å². The largest absolute Gasteiger partial charge is 1.00 e. The standard InChI is InChI=1S/C30H24N5O8S2.Cu.4Na.H2O4S.2O3S/c1-4-44(38,39)28-15-24(25(36)16-26(28)43-3)34-33-23-13-10-19-20(30(23)37)11-12-22(31-2)29(19)35-32-18-9-8-17-6-5-7-27(21(17)14-18)45(40,41)42;;;;;;1-5(2,3)4;2*1-4(2)3/h5-7,9-12,14-16,31,36-37H,1,4H2,2-3H3,(H,40,41,42);;;;;;(H2,1,2,3,4);;/q-3;;4*+1;;;/p-2. The van der Waals surface area contributed by atoms with Gasteiger partial charge in [-0.25, -0.2) is 30.4 Å². The molecule has 323 valence electrons. The van der Waals surface area contributed by atoms with Gasteiger partial charge in [-0.3, -0.25) is 4.55 Å². The molecule has 0 bridgehead atoms. The van der Waals surface area contributed by atoms with E-state index in [1.54, 1.807) is 25.2 Å². The van der Waals surface area contributed by atoms with Gasteiger partial charge in [0.15, 0.2) is 9.84 Å². The number of fused-ring (bicyclic) bond motifs is 2. The summed E-state index contributed by atoms with van der Waals surface area (Å²) in [7, 11) is -16.8. The van der Waals surface area contributed by atoms with Crippen LogP contribution in [0.1, 0.15) is 0 Å². The molecular formula is C30H24CuN5Na4O18S5-. The van der Waals surface area contributed by atoms with Crippen LogP contribution in [0.5, 0.6) is 17.2 Å². The van der Waals surface area contributed by atoms with Crippen LogP contribution in [0.2, 0.25) is 0 Å². The number of nitrogens with one attached hydrogen (secondary N) is 1. The molecule has 0 spiro atoms. The smallest absolute Gasteiger partial charge is 0.745 e. The van der Waals surface area contributed by atoms with E-state index in [2.05, 4.69) is 44.8 Å². The average molecular weight is 1060 g/mol. The number of hydrogen-bond donors (Lipinski definition) is 4. The van der Waals surface area contributed by atoms with Crippen LogP contribution >= 0.6 is 0 Å². The number of azo groups is 2. The van der Waals surface area contributed by atoms with Gasteiger partial charge in [0.05, 0.1) is 12.8 Å². The van der Waals surface area contributed by atoms with Crippen molar-refractivity contribution in [3.05, 3.63) is 79.7 Å². The van der Waals surface area contributed by atoms with E-state index < -0.39 is 68.0 Å². The maximum absolute atomic E-state index is 12.5. The Labute approximate surface area is 462 Å². The minimum absolute atomic E-state index is 0. The number of nitrogens with zero attached hydrogens (tertiary/aromatic N) is 4. The van der Waals surface area contributed by atoms with Crippen molar-refractivity contribution in [3.8, 4) is 17.2 Å². The molecule has 4 N–H and O–H groups in total. The minimum atomic E-state index is -4.92. The van der Waals surface area contributed by atoms with Gasteiger partial charge in [-0.15, -0.1) is 66.1 Å². The topological polar surface area (TPSA) is 382 Å². The maximum Gasteiger partial charge on any atom is 1.00 e. The van der Waals surface area contributed by atoms with E-state index in [4.69, 9.17) is 47.5 Å². The normalized spacial score (nSPS) is 10.6. The van der Waals surface area contributed by atoms with Crippen molar-refractivity contribution in [2.75, 3.05) is 25.2 Å². The van der Waals surface area contributed by atoms with Gasteiger partial charge < -0.3 is 36.3 Å². The summed E-state index contributed by atoms with van der Waals surface area (Å²) in [5.74, 6) is -1.29. The fourth-order valence-electron chi connectivity index (χ4n) is 4.46. The molecule has 1 radical (unpaired) electrons. The molecule has 0 saturated carbocycles. The third-order valence-electron chi connectivity index (χ3n) is 6.71. The second kappa shape index (κ2) is 30.7. The Morgan fingerprint density at radius 1 is 0.762 bits per heavy atom. The molecule has 0 unspecified atom stereocenters. The molecular weight excluding hydrogens is 1030 g/mol. The number of ether oxygens (including phenoxy) is 1. The number of phenols is 2. The Bertz CT molecular complexity index is 2960. The van der Waals surface area contributed by atoms with Gasteiger partial charge in [0.2, 0.25) is 10.4 Å². The zero-order valence-electron chi connectivity index (χ0n) is 33.3. The van der Waals surface area contributed by atoms with Crippen LogP contribution in [0, 0.1) is 19.1 Å². The second-order valence-corrected chi connectivity index (χ2v) is 15.3. The first-order chi connectivity index (χ1) is 26.8. The summed E-state index contributed by atoms with van der Waals surface area (Å²) < 4.78 is 149. The molecule has 0 aromatic heterocycles. The molecule has 0 aliphatic heterocycles. The van der Waals surface area contributed by atoms with E-state index in [0.29, 0.717) is 27.5 Å². The Balaban J connectivity index is -0.000000853. The molecule has 0 aliphatic carbocycles. The van der Waals surface area contributed by atoms with E-state index >= 15 is 0 Å². The van der Waals surface area contributed by atoms with E-state index in [9.17, 15) is 31.6 Å². The van der Waals surface area contributed by atoms with Gasteiger partial charge >= 0.3 is 139 Å². The van der Waals surface area contributed by atoms with Crippen LogP contribution in [0.15, 0.2) is 90.9 Å². The van der Waals surface area contributed by atoms with Crippen molar-refractivity contribution >= 4 is 102 Å². The molecule has 63 heavy (non-hydrogen) atoms. The number of hydrogen-bond acceptors (Lipinski definition) is 22. The fraction of sp³-hybridized carbons (Fsp3) is 0.100. The SMILES string of the molecule is O=S(=O)([O-])O.O=S(=O)=O.O=S(=O)=O.[CH2-]CS(=O)(=O)c1cc(N=Nc2[c-]cc3c(N=Nc4c[c-]c5cccc(S(=O)(=O)[O-])c5c4)c(NC)ccc3c2O)c(O)cc1OC.[Cu].[Na+].[Na+].[Na+].[Na+]. The van der Waals surface area contributed by atoms with Crippen LogP contribution in [0.25, 0.3) is 21.5 Å². The van der Waals surface area contributed by atoms with E-state index in [1.165, 1.54) is 37.4 Å². The quantitative estimate of drug-likeness (QED) is 0.0350. The summed E-state index contributed by atoms with van der Waals surface area (Å²) >= 11 is 0. The van der Waals surface area contributed by atoms with Crippen molar-refractivity contribution in [1.82, 2.24) is 0 Å². The molecule has 33 heteroatoms. The number of benzene rings is 5. The average Bonchev–Trinajstić information content (AvgIpc) is 3.11. The summed E-state index contributed by atoms with van der Waals surface area (Å²) in [4.78, 5) is -0.637. The Morgan fingerprint density at radius 3 is 1.81 bits per heavy atom. The maximum atomic E-state index is 12.5. The van der Waals surface area contributed by atoms with Gasteiger partial charge in [0.25, 0.3) is 0 Å². The summed E-state index contributed by atoms with van der Waals surface area (Å²) in [6.07, 6.45) is 0. The Kier molecular flexibility index (Phi) is 33.2. The van der Waals surface area contributed by atoms with Crippen LogP contribution in [0.3, 0.4) is 0 Å². The Morgan fingerprint density at radius 2 is 1.32 bits per heavy atom. The second-order valence-electron chi connectivity index (χ2n) is 10.2. The summed E-state index contributed by atoms with van der Waals surface area (Å²) in [5, 5.41) is 42.1. The molecule has 5 aromatic rings. The summed E-state index contributed by atoms with van der Waals surface area (Å²) in [6.45, 7) is 3.42. The molecule has 0 atom stereocenters. The minimum Gasteiger partial charge on any atom is -0.745 e. The molecule has 0 heterocycles. The zero-order valence-corrected chi connectivity index (χ0v) is 46.3. The number of aromatic hydroxyl groups is 2. The monoisotopic (exact) mass is 1060 g/mol. The third-order valence-corrected chi connectivity index (χ3v) is 9.13. The number of sulfone groups is 1. The predicted molar refractivity (Wildman–Crippen MR) is 197 cm³/mol. The van der Waals surface area contributed by atoms with E-state index in [1.807, 2.05) is 0 Å². The van der Waals surface area contributed by atoms with Gasteiger partial charge in [-0.2, -0.15) is 22.4 Å². The number of methoxy groups -OCH3 is 1. The molecule has 5 aromatic carbocycles.